The fraction of sp³-hybridized carbons (Fsp3) is 0.192. The minimum atomic E-state index is -0.295. The number of benzene rings is 3. The third-order valence-corrected chi connectivity index (χ3v) is 5.53. The summed E-state index contributed by atoms with van der Waals surface area (Å²) in [5.41, 5.74) is 3.22. The van der Waals surface area contributed by atoms with Crippen molar-refractivity contribution in [3.05, 3.63) is 114 Å². The third kappa shape index (κ3) is 5.38. The molecule has 2 amide bonds. The number of amides is 2. The summed E-state index contributed by atoms with van der Waals surface area (Å²) >= 11 is 0. The highest BCUT2D eigenvalue weighted by molar-refractivity contribution is 5.76. The number of nitrogens with zero attached hydrogens (tertiary/aromatic N) is 2. The maximum atomic E-state index is 13.3. The number of urea groups is 1. The van der Waals surface area contributed by atoms with Crippen LogP contribution in [-0.2, 0) is 0 Å². The molecule has 0 saturated carbocycles. The van der Waals surface area contributed by atoms with Gasteiger partial charge in [0, 0.05) is 32.4 Å². The smallest absolute Gasteiger partial charge is 0.321 e. The molecular formula is C26H26FN3O. The average molecular weight is 416 g/mol. The number of nitrogens with one attached hydrogen (secondary N) is 1. The minimum Gasteiger partial charge on any atom is -0.322 e. The third-order valence-electron chi connectivity index (χ3n) is 5.53. The van der Waals surface area contributed by atoms with Crippen LogP contribution < -0.4 is 5.32 Å². The topological polar surface area (TPSA) is 35.6 Å². The van der Waals surface area contributed by atoms with Gasteiger partial charge in [-0.25, -0.2) is 9.18 Å². The van der Waals surface area contributed by atoms with Crippen molar-refractivity contribution in [1.82, 2.24) is 15.1 Å². The van der Waals surface area contributed by atoms with Gasteiger partial charge in [0.1, 0.15) is 5.82 Å². The molecule has 1 fully saturated rings. The molecule has 5 heteroatoms. The van der Waals surface area contributed by atoms with Gasteiger partial charge >= 0.3 is 6.03 Å². The molecule has 0 spiro atoms. The summed E-state index contributed by atoms with van der Waals surface area (Å²) < 4.78 is 13.3. The molecule has 3 aromatic rings. The van der Waals surface area contributed by atoms with Gasteiger partial charge in [-0.05, 0) is 34.9 Å². The fourth-order valence-electron chi connectivity index (χ4n) is 3.98. The largest absolute Gasteiger partial charge is 0.322 e. The zero-order valence-corrected chi connectivity index (χ0v) is 17.3. The number of hydrogen-bond acceptors (Lipinski definition) is 2. The SMILES string of the molecule is O=C(N/C=C/c1cccc(F)c1)N1CCN(C(c2ccccc2)c2ccccc2)CC1. The van der Waals surface area contributed by atoms with E-state index in [1.807, 2.05) is 17.0 Å². The van der Waals surface area contributed by atoms with E-state index >= 15 is 0 Å². The molecule has 4 rings (SSSR count). The van der Waals surface area contributed by atoms with E-state index in [-0.39, 0.29) is 17.9 Å². The summed E-state index contributed by atoms with van der Waals surface area (Å²) in [5.74, 6) is -0.295. The van der Waals surface area contributed by atoms with E-state index in [1.54, 1.807) is 24.4 Å². The maximum Gasteiger partial charge on any atom is 0.321 e. The second-order valence-corrected chi connectivity index (χ2v) is 7.58. The van der Waals surface area contributed by atoms with Gasteiger partial charge in [0.05, 0.1) is 6.04 Å². The Balaban J connectivity index is 1.38. The monoisotopic (exact) mass is 415 g/mol. The predicted octanol–water partition coefficient (Wildman–Crippen LogP) is 4.91. The van der Waals surface area contributed by atoms with Crippen LogP contribution in [0.3, 0.4) is 0 Å². The van der Waals surface area contributed by atoms with E-state index in [0.717, 1.165) is 13.1 Å². The first-order valence-electron chi connectivity index (χ1n) is 10.5. The van der Waals surface area contributed by atoms with Gasteiger partial charge in [0.2, 0.25) is 0 Å². The summed E-state index contributed by atoms with van der Waals surface area (Å²) in [6.45, 7) is 2.87. The molecule has 1 aliphatic heterocycles. The second-order valence-electron chi connectivity index (χ2n) is 7.58. The molecule has 1 aliphatic rings. The molecule has 158 valence electrons. The van der Waals surface area contributed by atoms with Gasteiger partial charge in [0.25, 0.3) is 0 Å². The van der Waals surface area contributed by atoms with Crippen LogP contribution in [0.4, 0.5) is 9.18 Å². The lowest BCUT2D eigenvalue weighted by Gasteiger charge is -2.39. The van der Waals surface area contributed by atoms with Crippen molar-refractivity contribution in [3.63, 3.8) is 0 Å². The van der Waals surface area contributed by atoms with Gasteiger partial charge < -0.3 is 10.2 Å². The number of hydrogen-bond donors (Lipinski definition) is 1. The van der Waals surface area contributed by atoms with Crippen molar-refractivity contribution in [2.75, 3.05) is 26.2 Å². The van der Waals surface area contributed by atoms with E-state index in [1.165, 1.54) is 23.3 Å². The Kier molecular flexibility index (Phi) is 6.75. The van der Waals surface area contributed by atoms with E-state index < -0.39 is 0 Å². The van der Waals surface area contributed by atoms with Gasteiger partial charge in [-0.1, -0.05) is 72.8 Å². The maximum absolute atomic E-state index is 13.3. The number of carbonyl (C=O) groups excluding carboxylic acids is 1. The molecule has 1 N–H and O–H groups in total. The lowest BCUT2D eigenvalue weighted by Crippen LogP contribution is -2.51. The Labute approximate surface area is 182 Å². The molecule has 0 unspecified atom stereocenters. The van der Waals surface area contributed by atoms with Gasteiger partial charge in [0.15, 0.2) is 0 Å². The molecule has 1 saturated heterocycles. The Morgan fingerprint density at radius 3 is 2.03 bits per heavy atom. The summed E-state index contributed by atoms with van der Waals surface area (Å²) in [7, 11) is 0. The predicted molar refractivity (Wildman–Crippen MR) is 122 cm³/mol. The van der Waals surface area contributed by atoms with E-state index in [4.69, 9.17) is 0 Å². The van der Waals surface area contributed by atoms with Gasteiger partial charge in [-0.2, -0.15) is 0 Å². The van der Waals surface area contributed by atoms with Crippen LogP contribution in [-0.4, -0.2) is 42.0 Å². The van der Waals surface area contributed by atoms with Gasteiger partial charge in [-0.3, -0.25) is 4.90 Å². The van der Waals surface area contributed by atoms with Gasteiger partial charge in [-0.15, -0.1) is 0 Å². The Morgan fingerprint density at radius 2 is 1.45 bits per heavy atom. The fourth-order valence-corrected chi connectivity index (χ4v) is 3.98. The molecule has 4 nitrogen and oxygen atoms in total. The van der Waals surface area contributed by atoms with Crippen LogP contribution in [0.25, 0.3) is 6.08 Å². The average Bonchev–Trinajstić information content (AvgIpc) is 2.81. The van der Waals surface area contributed by atoms with Crippen molar-refractivity contribution >= 4 is 12.1 Å². The van der Waals surface area contributed by atoms with Crippen LogP contribution in [0.5, 0.6) is 0 Å². The Morgan fingerprint density at radius 1 is 0.839 bits per heavy atom. The quantitative estimate of drug-likeness (QED) is 0.643. The molecule has 0 atom stereocenters. The molecule has 31 heavy (non-hydrogen) atoms. The molecule has 0 radical (unpaired) electrons. The van der Waals surface area contributed by atoms with Crippen LogP contribution in [0.1, 0.15) is 22.7 Å². The highest BCUT2D eigenvalue weighted by atomic mass is 19.1. The second kappa shape index (κ2) is 10.0. The summed E-state index contributed by atoms with van der Waals surface area (Å²) in [6, 6.07) is 27.3. The standard InChI is InChI=1S/C26H26FN3O/c27-24-13-7-8-21(20-24)14-15-28-26(31)30-18-16-29(17-19-30)25(22-9-3-1-4-10-22)23-11-5-2-6-12-23/h1-15,20,25H,16-19H2,(H,28,31)/b15-14+. The molecule has 0 bridgehead atoms. The van der Waals surface area contributed by atoms with Crippen molar-refractivity contribution in [2.45, 2.75) is 6.04 Å². The first-order valence-corrected chi connectivity index (χ1v) is 10.5. The first-order chi connectivity index (χ1) is 15.2. The number of halogens is 1. The highest BCUT2D eigenvalue weighted by Crippen LogP contribution is 2.29. The van der Waals surface area contributed by atoms with Crippen molar-refractivity contribution in [1.29, 1.82) is 0 Å². The van der Waals surface area contributed by atoms with Crippen molar-refractivity contribution in [3.8, 4) is 0 Å². The molecule has 1 heterocycles. The normalized spacial score (nSPS) is 14.8. The molecule has 0 aliphatic carbocycles. The van der Waals surface area contributed by atoms with Crippen LogP contribution in [0.2, 0.25) is 0 Å². The lowest BCUT2D eigenvalue weighted by atomic mass is 9.96. The van der Waals surface area contributed by atoms with Crippen LogP contribution >= 0.6 is 0 Å². The first kappa shape index (κ1) is 20.8. The van der Waals surface area contributed by atoms with Crippen molar-refractivity contribution in [2.24, 2.45) is 0 Å². The minimum absolute atomic E-state index is 0.136. The van der Waals surface area contributed by atoms with E-state index in [0.29, 0.717) is 18.7 Å². The zero-order valence-electron chi connectivity index (χ0n) is 17.3. The highest BCUT2D eigenvalue weighted by Gasteiger charge is 2.27. The number of piperazine rings is 1. The zero-order chi connectivity index (χ0) is 21.5. The van der Waals surface area contributed by atoms with E-state index in [2.05, 4.69) is 58.7 Å². The van der Waals surface area contributed by atoms with Crippen LogP contribution in [0, 0.1) is 5.82 Å². The van der Waals surface area contributed by atoms with Crippen LogP contribution in [0.15, 0.2) is 91.1 Å². The number of carbonyl (C=O) groups is 1. The Hall–Kier alpha value is -3.44. The molecule has 0 aromatic heterocycles. The Bertz CT molecular complexity index is 976. The summed E-state index contributed by atoms with van der Waals surface area (Å²) in [4.78, 5) is 16.8. The lowest BCUT2D eigenvalue weighted by molar-refractivity contribution is 0.122. The molecular weight excluding hydrogens is 389 g/mol. The summed E-state index contributed by atoms with van der Waals surface area (Å²) in [6.07, 6.45) is 3.26. The van der Waals surface area contributed by atoms with Crippen molar-refractivity contribution < 1.29 is 9.18 Å². The number of rotatable bonds is 5. The molecule has 3 aromatic carbocycles. The van der Waals surface area contributed by atoms with E-state index in [9.17, 15) is 9.18 Å². The summed E-state index contributed by atoms with van der Waals surface area (Å²) in [5, 5.41) is 2.79.